The molecule has 0 unspecified atom stereocenters. The Hall–Kier alpha value is -2.53. The summed E-state index contributed by atoms with van der Waals surface area (Å²) in [6, 6.07) is 12.7. The van der Waals surface area contributed by atoms with Crippen LogP contribution in [0.25, 0.3) is 0 Å². The number of nitrogens with one attached hydrogen (secondary N) is 1. The Morgan fingerprint density at radius 3 is 2.28 bits per heavy atom. The number of ether oxygens (including phenoxy) is 1. The number of carbonyl (C=O) groups is 2. The van der Waals surface area contributed by atoms with Gasteiger partial charge < -0.3 is 15.0 Å². The van der Waals surface area contributed by atoms with Crippen LogP contribution in [0.3, 0.4) is 0 Å². The average molecular weight is 417 g/mol. The fraction of sp³-hybridized carbons (Fsp3) is 0.391. The van der Waals surface area contributed by atoms with Crippen LogP contribution in [0.15, 0.2) is 42.5 Å². The number of hydrogen-bond donors (Lipinski definition) is 1. The molecule has 5 nitrogen and oxygen atoms in total. The maximum absolute atomic E-state index is 13.1. The van der Waals surface area contributed by atoms with Gasteiger partial charge in [0.1, 0.15) is 11.8 Å². The number of benzene rings is 2. The topological polar surface area (TPSA) is 58.6 Å². The Labute approximate surface area is 178 Å². The number of rotatable bonds is 9. The summed E-state index contributed by atoms with van der Waals surface area (Å²) in [6.45, 7) is 8.27. The average Bonchev–Trinajstić information content (AvgIpc) is 2.71. The molecule has 2 amide bonds. The van der Waals surface area contributed by atoms with Gasteiger partial charge in [-0.15, -0.1) is 0 Å². The number of aryl methyl sites for hydroxylation is 2. The first-order valence-electron chi connectivity index (χ1n) is 9.88. The van der Waals surface area contributed by atoms with E-state index < -0.39 is 6.04 Å². The van der Waals surface area contributed by atoms with Gasteiger partial charge >= 0.3 is 0 Å². The lowest BCUT2D eigenvalue weighted by Crippen LogP contribution is -2.50. The smallest absolute Gasteiger partial charge is 0.261 e. The number of amides is 2. The molecule has 0 saturated carbocycles. The van der Waals surface area contributed by atoms with E-state index in [1.54, 1.807) is 4.90 Å². The van der Waals surface area contributed by atoms with Crippen LogP contribution in [-0.2, 0) is 16.1 Å². The molecular formula is C23H29ClN2O3. The molecule has 0 fully saturated rings. The van der Waals surface area contributed by atoms with E-state index in [1.165, 1.54) is 0 Å². The minimum atomic E-state index is -0.556. The summed E-state index contributed by atoms with van der Waals surface area (Å²) in [6.07, 6.45) is 0.517. The Kier molecular flexibility index (Phi) is 8.52. The van der Waals surface area contributed by atoms with Crippen LogP contribution in [-0.4, -0.2) is 35.9 Å². The lowest BCUT2D eigenvalue weighted by molar-refractivity contribution is -0.142. The minimum Gasteiger partial charge on any atom is -0.484 e. The minimum absolute atomic E-state index is 0.150. The fourth-order valence-corrected chi connectivity index (χ4v) is 3.32. The largest absolute Gasteiger partial charge is 0.484 e. The van der Waals surface area contributed by atoms with Gasteiger partial charge in [-0.1, -0.05) is 48.9 Å². The summed E-state index contributed by atoms with van der Waals surface area (Å²) in [4.78, 5) is 27.2. The van der Waals surface area contributed by atoms with Crippen molar-refractivity contribution in [3.05, 3.63) is 64.2 Å². The van der Waals surface area contributed by atoms with E-state index in [-0.39, 0.29) is 18.4 Å². The van der Waals surface area contributed by atoms with Gasteiger partial charge in [0.2, 0.25) is 5.91 Å². The van der Waals surface area contributed by atoms with E-state index >= 15 is 0 Å². The van der Waals surface area contributed by atoms with Gasteiger partial charge in [-0.05, 0) is 56.0 Å². The highest BCUT2D eigenvalue weighted by Gasteiger charge is 2.28. The molecule has 2 aromatic carbocycles. The third-order valence-corrected chi connectivity index (χ3v) is 5.30. The van der Waals surface area contributed by atoms with E-state index in [2.05, 4.69) is 5.32 Å². The molecule has 6 heteroatoms. The Balaban J connectivity index is 2.20. The van der Waals surface area contributed by atoms with E-state index in [4.69, 9.17) is 16.3 Å². The Morgan fingerprint density at radius 1 is 1.10 bits per heavy atom. The molecular weight excluding hydrogens is 388 g/mol. The zero-order valence-corrected chi connectivity index (χ0v) is 18.3. The van der Waals surface area contributed by atoms with Gasteiger partial charge in [0.05, 0.1) is 0 Å². The zero-order valence-electron chi connectivity index (χ0n) is 17.5. The number of halogens is 1. The van der Waals surface area contributed by atoms with Crippen molar-refractivity contribution in [1.82, 2.24) is 10.2 Å². The van der Waals surface area contributed by atoms with E-state index in [9.17, 15) is 9.59 Å². The van der Waals surface area contributed by atoms with Gasteiger partial charge in [-0.2, -0.15) is 0 Å². The number of hydrogen-bond acceptors (Lipinski definition) is 3. The first kappa shape index (κ1) is 22.8. The molecule has 1 atom stereocenters. The first-order chi connectivity index (χ1) is 13.9. The van der Waals surface area contributed by atoms with Crippen LogP contribution >= 0.6 is 11.6 Å². The van der Waals surface area contributed by atoms with E-state index in [0.717, 1.165) is 16.7 Å². The summed E-state index contributed by atoms with van der Waals surface area (Å²) in [5.41, 5.74) is 2.75. The molecule has 0 spiro atoms. The third-order valence-electron chi connectivity index (χ3n) is 4.70. The van der Waals surface area contributed by atoms with Crippen molar-refractivity contribution in [1.29, 1.82) is 0 Å². The number of likely N-dealkylation sites (N-methyl/N-ethyl adjacent to an activating group) is 1. The fourth-order valence-electron chi connectivity index (χ4n) is 3.21. The third kappa shape index (κ3) is 6.23. The van der Waals surface area contributed by atoms with Crippen LogP contribution in [0.2, 0.25) is 5.02 Å². The second-order valence-corrected chi connectivity index (χ2v) is 7.36. The SMILES string of the molecule is CCNC(=O)[C@H](CC)N(Cc1ccccc1)C(=O)COc1cc(C)c(Cl)c(C)c1. The summed E-state index contributed by atoms with van der Waals surface area (Å²) >= 11 is 6.20. The van der Waals surface area contributed by atoms with Crippen molar-refractivity contribution in [2.45, 2.75) is 46.7 Å². The molecule has 156 valence electrons. The molecule has 0 bridgehead atoms. The highest BCUT2D eigenvalue weighted by Crippen LogP contribution is 2.26. The molecule has 0 aliphatic carbocycles. The molecule has 0 aromatic heterocycles. The van der Waals surface area contributed by atoms with Crippen molar-refractivity contribution in [2.24, 2.45) is 0 Å². The quantitative estimate of drug-likeness (QED) is 0.663. The lowest BCUT2D eigenvalue weighted by Gasteiger charge is -2.30. The molecule has 0 saturated heterocycles. The molecule has 0 radical (unpaired) electrons. The van der Waals surface area contributed by atoms with Gasteiger partial charge in [0.25, 0.3) is 5.91 Å². The van der Waals surface area contributed by atoms with Gasteiger partial charge in [-0.3, -0.25) is 9.59 Å². The summed E-state index contributed by atoms with van der Waals surface area (Å²) < 4.78 is 5.76. The number of carbonyl (C=O) groups excluding carboxylic acids is 2. The normalized spacial score (nSPS) is 11.6. The van der Waals surface area contributed by atoms with Gasteiger partial charge in [0.15, 0.2) is 6.61 Å². The summed E-state index contributed by atoms with van der Waals surface area (Å²) in [5.74, 6) is 0.193. The van der Waals surface area contributed by atoms with E-state index in [1.807, 2.05) is 70.2 Å². The maximum atomic E-state index is 13.1. The molecule has 2 rings (SSSR count). The molecule has 0 heterocycles. The molecule has 29 heavy (non-hydrogen) atoms. The Morgan fingerprint density at radius 2 is 1.72 bits per heavy atom. The molecule has 2 aromatic rings. The van der Waals surface area contributed by atoms with Crippen molar-refractivity contribution < 1.29 is 14.3 Å². The van der Waals surface area contributed by atoms with Crippen molar-refractivity contribution >= 4 is 23.4 Å². The van der Waals surface area contributed by atoms with E-state index in [0.29, 0.717) is 30.3 Å². The molecule has 0 aliphatic rings. The van der Waals surface area contributed by atoms with Crippen LogP contribution in [0.4, 0.5) is 0 Å². The monoisotopic (exact) mass is 416 g/mol. The molecule has 1 N–H and O–H groups in total. The highest BCUT2D eigenvalue weighted by molar-refractivity contribution is 6.32. The Bertz CT molecular complexity index is 816. The standard InChI is InChI=1S/C23H29ClN2O3/c1-5-20(23(28)25-6-2)26(14-18-10-8-7-9-11-18)21(27)15-29-19-12-16(3)22(24)17(4)13-19/h7-13,20H,5-6,14-15H2,1-4H3,(H,25,28)/t20-/m0/s1. The number of nitrogens with zero attached hydrogens (tertiary/aromatic N) is 1. The van der Waals surface area contributed by atoms with Crippen LogP contribution in [0.5, 0.6) is 5.75 Å². The maximum Gasteiger partial charge on any atom is 0.261 e. The van der Waals surface area contributed by atoms with Crippen LogP contribution < -0.4 is 10.1 Å². The predicted molar refractivity (Wildman–Crippen MR) is 116 cm³/mol. The van der Waals surface area contributed by atoms with Crippen molar-refractivity contribution in [3.8, 4) is 5.75 Å². The first-order valence-corrected chi connectivity index (χ1v) is 10.3. The van der Waals surface area contributed by atoms with Crippen LogP contribution in [0, 0.1) is 13.8 Å². The second-order valence-electron chi connectivity index (χ2n) is 6.99. The van der Waals surface area contributed by atoms with Gasteiger partial charge in [-0.25, -0.2) is 0 Å². The zero-order chi connectivity index (χ0) is 21.4. The summed E-state index contributed by atoms with van der Waals surface area (Å²) in [7, 11) is 0. The summed E-state index contributed by atoms with van der Waals surface area (Å²) in [5, 5.41) is 3.52. The van der Waals surface area contributed by atoms with Crippen molar-refractivity contribution in [2.75, 3.05) is 13.2 Å². The second kappa shape index (κ2) is 10.9. The van der Waals surface area contributed by atoms with Gasteiger partial charge in [0, 0.05) is 18.1 Å². The predicted octanol–water partition coefficient (Wildman–Crippen LogP) is 4.28. The lowest BCUT2D eigenvalue weighted by atomic mass is 10.1. The van der Waals surface area contributed by atoms with Crippen LogP contribution in [0.1, 0.15) is 37.0 Å². The molecule has 0 aliphatic heterocycles. The van der Waals surface area contributed by atoms with Crippen molar-refractivity contribution in [3.63, 3.8) is 0 Å². The highest BCUT2D eigenvalue weighted by atomic mass is 35.5.